The minimum absolute atomic E-state index is 0.000361. The summed E-state index contributed by atoms with van der Waals surface area (Å²) in [5.41, 5.74) is 0. The molecule has 0 fully saturated rings. The lowest BCUT2D eigenvalue weighted by atomic mass is 9.97. The van der Waals surface area contributed by atoms with Crippen molar-refractivity contribution in [3.8, 4) is 0 Å². The SMILES string of the molecule is CCCCCCCCCCCCCCCCCCCCC/C=C/CCCCCCCC(CC(=O)OCCC)C(=O)O. The fourth-order valence-electron chi connectivity index (χ4n) is 5.55. The van der Waals surface area contributed by atoms with E-state index in [1.54, 1.807) is 0 Å². The van der Waals surface area contributed by atoms with Gasteiger partial charge in [0.05, 0.1) is 18.9 Å². The van der Waals surface area contributed by atoms with Crippen LogP contribution in [0.25, 0.3) is 0 Å². The van der Waals surface area contributed by atoms with Crippen molar-refractivity contribution in [2.75, 3.05) is 6.61 Å². The second kappa shape index (κ2) is 33.2. The summed E-state index contributed by atoms with van der Waals surface area (Å²) in [7, 11) is 0. The minimum Gasteiger partial charge on any atom is -0.481 e. The molecule has 0 aliphatic heterocycles. The second-order valence-electron chi connectivity index (χ2n) is 12.4. The number of carbonyl (C=O) groups excluding carboxylic acids is 1. The molecule has 0 aliphatic carbocycles. The zero-order valence-electron chi connectivity index (χ0n) is 27.6. The number of unbranched alkanes of at least 4 members (excludes halogenated alkanes) is 24. The van der Waals surface area contributed by atoms with Crippen molar-refractivity contribution in [1.29, 1.82) is 0 Å². The summed E-state index contributed by atoms with van der Waals surface area (Å²) in [5.74, 6) is -1.87. The normalized spacial score (nSPS) is 12.2. The van der Waals surface area contributed by atoms with Crippen LogP contribution < -0.4 is 0 Å². The van der Waals surface area contributed by atoms with Gasteiger partial charge in [0, 0.05) is 0 Å². The Hall–Kier alpha value is -1.32. The van der Waals surface area contributed by atoms with Crippen LogP contribution in [0.1, 0.15) is 200 Å². The summed E-state index contributed by atoms with van der Waals surface area (Å²) in [5, 5.41) is 9.33. The first-order valence-electron chi connectivity index (χ1n) is 18.1. The molecule has 1 N–H and O–H groups in total. The third-order valence-corrected chi connectivity index (χ3v) is 8.29. The summed E-state index contributed by atoms with van der Waals surface area (Å²) < 4.78 is 5.03. The molecule has 4 nitrogen and oxygen atoms in total. The first kappa shape index (κ1) is 39.7. The number of esters is 1. The van der Waals surface area contributed by atoms with E-state index in [2.05, 4.69) is 19.1 Å². The second-order valence-corrected chi connectivity index (χ2v) is 12.4. The third-order valence-electron chi connectivity index (χ3n) is 8.29. The number of carboxylic acids is 1. The van der Waals surface area contributed by atoms with Crippen LogP contribution in [0, 0.1) is 5.92 Å². The highest BCUT2D eigenvalue weighted by atomic mass is 16.5. The van der Waals surface area contributed by atoms with Gasteiger partial charge in [-0.2, -0.15) is 0 Å². The fraction of sp³-hybridized carbons (Fsp3) is 0.892. The van der Waals surface area contributed by atoms with Crippen LogP contribution in [0.5, 0.6) is 0 Å². The smallest absolute Gasteiger partial charge is 0.307 e. The molecule has 242 valence electrons. The van der Waals surface area contributed by atoms with Gasteiger partial charge < -0.3 is 9.84 Å². The van der Waals surface area contributed by atoms with Gasteiger partial charge in [0.1, 0.15) is 0 Å². The maximum Gasteiger partial charge on any atom is 0.307 e. The Bertz CT molecular complexity index is 585. The van der Waals surface area contributed by atoms with Crippen molar-refractivity contribution in [3.63, 3.8) is 0 Å². The summed E-state index contributed by atoms with van der Waals surface area (Å²) in [6.07, 6.45) is 41.0. The predicted molar refractivity (Wildman–Crippen MR) is 176 cm³/mol. The van der Waals surface area contributed by atoms with Gasteiger partial charge >= 0.3 is 11.9 Å². The van der Waals surface area contributed by atoms with E-state index in [9.17, 15) is 14.7 Å². The molecule has 0 saturated carbocycles. The zero-order valence-corrected chi connectivity index (χ0v) is 27.6. The van der Waals surface area contributed by atoms with Crippen LogP contribution in [-0.2, 0) is 14.3 Å². The summed E-state index contributed by atoms with van der Waals surface area (Å²) in [6.45, 7) is 4.60. The summed E-state index contributed by atoms with van der Waals surface area (Å²) in [4.78, 5) is 23.1. The monoisotopic (exact) mass is 579 g/mol. The van der Waals surface area contributed by atoms with Crippen LogP contribution >= 0.6 is 0 Å². The van der Waals surface area contributed by atoms with Crippen molar-refractivity contribution < 1.29 is 19.4 Å². The molecule has 41 heavy (non-hydrogen) atoms. The van der Waals surface area contributed by atoms with Crippen molar-refractivity contribution in [3.05, 3.63) is 12.2 Å². The number of hydrogen-bond acceptors (Lipinski definition) is 3. The first-order valence-corrected chi connectivity index (χ1v) is 18.1. The molecule has 0 rings (SSSR count). The predicted octanol–water partition coefficient (Wildman–Crippen LogP) is 12.1. The highest BCUT2D eigenvalue weighted by molar-refractivity contribution is 5.78. The lowest BCUT2D eigenvalue weighted by Gasteiger charge is -2.11. The van der Waals surface area contributed by atoms with Gasteiger partial charge in [0.2, 0.25) is 0 Å². The van der Waals surface area contributed by atoms with Crippen LogP contribution in [0.4, 0.5) is 0 Å². The maximum absolute atomic E-state index is 11.7. The summed E-state index contributed by atoms with van der Waals surface area (Å²) >= 11 is 0. The Morgan fingerprint density at radius 1 is 0.537 bits per heavy atom. The molecule has 0 saturated heterocycles. The number of carboxylic acid groups (broad SMARTS) is 1. The molecule has 1 unspecified atom stereocenters. The van der Waals surface area contributed by atoms with Crippen LogP contribution in [0.3, 0.4) is 0 Å². The van der Waals surface area contributed by atoms with E-state index in [0.717, 1.165) is 32.1 Å². The van der Waals surface area contributed by atoms with Gasteiger partial charge in [-0.3, -0.25) is 9.59 Å². The molecule has 0 aromatic heterocycles. The summed E-state index contributed by atoms with van der Waals surface area (Å²) in [6, 6.07) is 0. The fourth-order valence-corrected chi connectivity index (χ4v) is 5.55. The number of hydrogen-bond donors (Lipinski definition) is 1. The van der Waals surface area contributed by atoms with Gasteiger partial charge in [0.15, 0.2) is 0 Å². The van der Waals surface area contributed by atoms with E-state index in [-0.39, 0.29) is 12.4 Å². The number of aliphatic carboxylic acids is 1. The number of ether oxygens (including phenoxy) is 1. The standard InChI is InChI=1S/C37H70O4/c1-3-5-6-7-8-9-10-11-12-13-14-15-16-17-18-19-20-21-22-23-24-25-26-27-28-29-30-31-32-35(37(39)40)34-36(38)41-33-4-2/h24-25,35H,3-23,26-34H2,1-2H3,(H,39,40)/b25-24+. The van der Waals surface area contributed by atoms with E-state index in [0.29, 0.717) is 13.0 Å². The molecule has 0 radical (unpaired) electrons. The van der Waals surface area contributed by atoms with E-state index in [4.69, 9.17) is 4.74 Å². The molecule has 0 heterocycles. The molecular weight excluding hydrogens is 508 g/mol. The van der Waals surface area contributed by atoms with Crippen LogP contribution in [0.15, 0.2) is 12.2 Å². The quantitative estimate of drug-likeness (QED) is 0.0478. The lowest BCUT2D eigenvalue weighted by Crippen LogP contribution is -2.19. The van der Waals surface area contributed by atoms with Crippen molar-refractivity contribution in [1.82, 2.24) is 0 Å². The Balaban J connectivity index is 3.32. The molecular formula is C37H70O4. The molecule has 4 heteroatoms. The van der Waals surface area contributed by atoms with E-state index >= 15 is 0 Å². The van der Waals surface area contributed by atoms with E-state index in [1.165, 1.54) is 141 Å². The number of allylic oxidation sites excluding steroid dienone is 2. The molecule has 0 aliphatic rings. The van der Waals surface area contributed by atoms with E-state index in [1.807, 2.05) is 6.92 Å². The van der Waals surface area contributed by atoms with Gasteiger partial charge in [-0.15, -0.1) is 0 Å². The van der Waals surface area contributed by atoms with Crippen molar-refractivity contribution in [2.24, 2.45) is 5.92 Å². The Morgan fingerprint density at radius 3 is 1.27 bits per heavy atom. The molecule has 0 aromatic rings. The largest absolute Gasteiger partial charge is 0.481 e. The van der Waals surface area contributed by atoms with E-state index < -0.39 is 11.9 Å². The van der Waals surface area contributed by atoms with Gasteiger partial charge in [-0.1, -0.05) is 167 Å². The highest BCUT2D eigenvalue weighted by Gasteiger charge is 2.21. The Kier molecular flexibility index (Phi) is 32.1. The Labute approximate surface area is 255 Å². The lowest BCUT2D eigenvalue weighted by molar-refractivity contribution is -0.151. The number of carbonyl (C=O) groups is 2. The zero-order chi connectivity index (χ0) is 30.1. The molecule has 0 bridgehead atoms. The highest BCUT2D eigenvalue weighted by Crippen LogP contribution is 2.17. The Morgan fingerprint density at radius 2 is 0.902 bits per heavy atom. The topological polar surface area (TPSA) is 63.6 Å². The molecule has 0 amide bonds. The van der Waals surface area contributed by atoms with Gasteiger partial charge in [-0.05, 0) is 38.5 Å². The van der Waals surface area contributed by atoms with Crippen LogP contribution in [-0.4, -0.2) is 23.7 Å². The molecule has 1 atom stereocenters. The average molecular weight is 579 g/mol. The van der Waals surface area contributed by atoms with Gasteiger partial charge in [0.25, 0.3) is 0 Å². The first-order chi connectivity index (χ1) is 20.1. The molecule has 0 aromatic carbocycles. The van der Waals surface area contributed by atoms with Crippen molar-refractivity contribution >= 4 is 11.9 Å². The average Bonchev–Trinajstić information content (AvgIpc) is 2.96. The van der Waals surface area contributed by atoms with Crippen LogP contribution in [0.2, 0.25) is 0 Å². The van der Waals surface area contributed by atoms with Crippen molar-refractivity contribution in [2.45, 2.75) is 200 Å². The third kappa shape index (κ3) is 31.4. The minimum atomic E-state index is -0.881. The molecule has 0 spiro atoms. The van der Waals surface area contributed by atoms with Gasteiger partial charge in [-0.25, -0.2) is 0 Å². The maximum atomic E-state index is 11.7. The number of rotatable bonds is 33.